The van der Waals surface area contributed by atoms with E-state index in [1.807, 2.05) is 7.05 Å². The standard InChI is InChI=1S/C20H35N3O2/c1-21-18-7-4-12-23(14-18)20(25)16-8-10-17(11-9-16)22-19(24)13-15-5-2-3-6-15/h15-18,21H,2-14H2,1H3,(H,22,24). The average Bonchev–Trinajstić information content (AvgIpc) is 3.14. The predicted molar refractivity (Wildman–Crippen MR) is 99.1 cm³/mol. The molecular formula is C20H35N3O2. The Balaban J connectivity index is 1.39. The van der Waals surface area contributed by atoms with E-state index in [2.05, 4.69) is 15.5 Å². The molecule has 2 saturated carbocycles. The molecule has 0 spiro atoms. The van der Waals surface area contributed by atoms with E-state index in [4.69, 9.17) is 0 Å². The van der Waals surface area contributed by atoms with Crippen LogP contribution in [0.1, 0.15) is 70.6 Å². The van der Waals surface area contributed by atoms with Gasteiger partial charge in [0.2, 0.25) is 11.8 Å². The zero-order chi connectivity index (χ0) is 17.6. The number of hydrogen-bond acceptors (Lipinski definition) is 3. The lowest BCUT2D eigenvalue weighted by Crippen LogP contribution is -2.49. The molecule has 2 N–H and O–H groups in total. The number of amides is 2. The SMILES string of the molecule is CNC1CCCN(C(=O)C2CCC(NC(=O)CC3CCCC3)CC2)C1. The third-order valence-corrected chi connectivity index (χ3v) is 6.53. The van der Waals surface area contributed by atoms with Gasteiger partial charge < -0.3 is 15.5 Å². The third-order valence-electron chi connectivity index (χ3n) is 6.53. The zero-order valence-electron chi connectivity index (χ0n) is 15.8. The number of carbonyl (C=O) groups excluding carboxylic acids is 2. The summed E-state index contributed by atoms with van der Waals surface area (Å²) in [7, 11) is 1.98. The second kappa shape index (κ2) is 9.02. The highest BCUT2D eigenvalue weighted by Crippen LogP contribution is 2.29. The van der Waals surface area contributed by atoms with Gasteiger partial charge >= 0.3 is 0 Å². The smallest absolute Gasteiger partial charge is 0.225 e. The van der Waals surface area contributed by atoms with E-state index in [1.165, 1.54) is 32.1 Å². The Bertz CT molecular complexity index is 454. The van der Waals surface area contributed by atoms with Crippen molar-refractivity contribution in [2.75, 3.05) is 20.1 Å². The Morgan fingerprint density at radius 3 is 2.32 bits per heavy atom. The summed E-state index contributed by atoms with van der Waals surface area (Å²) in [5.41, 5.74) is 0. The molecule has 1 aliphatic heterocycles. The number of likely N-dealkylation sites (tertiary alicyclic amines) is 1. The van der Waals surface area contributed by atoms with E-state index in [9.17, 15) is 9.59 Å². The molecule has 3 aliphatic rings. The molecule has 0 aromatic heterocycles. The van der Waals surface area contributed by atoms with Gasteiger partial charge in [0.25, 0.3) is 0 Å². The van der Waals surface area contributed by atoms with Crippen LogP contribution in [0.25, 0.3) is 0 Å². The number of nitrogens with zero attached hydrogens (tertiary/aromatic N) is 1. The average molecular weight is 350 g/mol. The molecule has 5 heteroatoms. The van der Waals surface area contributed by atoms with Gasteiger partial charge in [-0.05, 0) is 64.3 Å². The molecular weight excluding hydrogens is 314 g/mol. The Hall–Kier alpha value is -1.10. The van der Waals surface area contributed by atoms with Crippen molar-refractivity contribution >= 4 is 11.8 Å². The maximum Gasteiger partial charge on any atom is 0.225 e. The lowest BCUT2D eigenvalue weighted by molar-refractivity contribution is -0.138. The van der Waals surface area contributed by atoms with Crippen molar-refractivity contribution in [3.63, 3.8) is 0 Å². The first-order valence-corrected chi connectivity index (χ1v) is 10.4. The monoisotopic (exact) mass is 349 g/mol. The van der Waals surface area contributed by atoms with Crippen LogP contribution >= 0.6 is 0 Å². The van der Waals surface area contributed by atoms with Crippen LogP contribution in [0.2, 0.25) is 0 Å². The summed E-state index contributed by atoms with van der Waals surface area (Å²) >= 11 is 0. The van der Waals surface area contributed by atoms with E-state index in [1.54, 1.807) is 0 Å². The summed E-state index contributed by atoms with van der Waals surface area (Å²) in [5.74, 6) is 1.35. The minimum atomic E-state index is 0.165. The van der Waals surface area contributed by atoms with Crippen LogP contribution in [-0.2, 0) is 9.59 Å². The molecule has 0 radical (unpaired) electrons. The van der Waals surface area contributed by atoms with E-state index in [-0.39, 0.29) is 17.9 Å². The van der Waals surface area contributed by atoms with Gasteiger partial charge in [0.05, 0.1) is 0 Å². The third kappa shape index (κ3) is 5.19. The summed E-state index contributed by atoms with van der Waals surface area (Å²) in [6.45, 7) is 1.77. The molecule has 25 heavy (non-hydrogen) atoms. The normalized spacial score (nSPS) is 31.1. The summed E-state index contributed by atoms with van der Waals surface area (Å²) in [5, 5.41) is 6.54. The van der Waals surface area contributed by atoms with Crippen molar-refractivity contribution in [2.24, 2.45) is 11.8 Å². The number of carbonyl (C=O) groups is 2. The molecule has 3 fully saturated rings. The van der Waals surface area contributed by atoms with Crippen molar-refractivity contribution in [1.82, 2.24) is 15.5 Å². The Labute approximate surface area is 152 Å². The molecule has 1 unspecified atom stereocenters. The van der Waals surface area contributed by atoms with Gasteiger partial charge in [-0.3, -0.25) is 9.59 Å². The van der Waals surface area contributed by atoms with Crippen LogP contribution in [0.5, 0.6) is 0 Å². The van der Waals surface area contributed by atoms with Gasteiger partial charge in [0.1, 0.15) is 0 Å². The largest absolute Gasteiger partial charge is 0.353 e. The van der Waals surface area contributed by atoms with Gasteiger partial charge in [0, 0.05) is 37.5 Å². The number of rotatable bonds is 5. The van der Waals surface area contributed by atoms with Crippen LogP contribution in [0, 0.1) is 11.8 Å². The topological polar surface area (TPSA) is 61.4 Å². The fraction of sp³-hybridized carbons (Fsp3) is 0.900. The molecule has 1 atom stereocenters. The Morgan fingerprint density at radius 1 is 0.920 bits per heavy atom. The molecule has 0 aromatic carbocycles. The first-order chi connectivity index (χ1) is 12.2. The van der Waals surface area contributed by atoms with E-state index < -0.39 is 0 Å². The van der Waals surface area contributed by atoms with Gasteiger partial charge in [0.15, 0.2) is 0 Å². The highest BCUT2D eigenvalue weighted by molar-refractivity contribution is 5.79. The number of nitrogens with one attached hydrogen (secondary N) is 2. The van der Waals surface area contributed by atoms with E-state index in [0.717, 1.165) is 45.2 Å². The van der Waals surface area contributed by atoms with Crippen LogP contribution in [0.3, 0.4) is 0 Å². The molecule has 142 valence electrons. The lowest BCUT2D eigenvalue weighted by atomic mass is 9.84. The summed E-state index contributed by atoms with van der Waals surface area (Å²) in [6.07, 6.45) is 11.7. The van der Waals surface area contributed by atoms with Crippen molar-refractivity contribution < 1.29 is 9.59 Å². The minimum absolute atomic E-state index is 0.165. The molecule has 0 aromatic rings. The quantitative estimate of drug-likeness (QED) is 0.801. The summed E-state index contributed by atoms with van der Waals surface area (Å²) in [4.78, 5) is 27.1. The van der Waals surface area contributed by atoms with Gasteiger partial charge in [-0.2, -0.15) is 0 Å². The molecule has 3 rings (SSSR count). The maximum absolute atomic E-state index is 12.8. The van der Waals surface area contributed by atoms with Crippen LogP contribution in [-0.4, -0.2) is 48.9 Å². The Morgan fingerprint density at radius 2 is 1.64 bits per heavy atom. The molecule has 2 aliphatic carbocycles. The predicted octanol–water partition coefficient (Wildman–Crippen LogP) is 2.45. The van der Waals surface area contributed by atoms with Crippen molar-refractivity contribution in [3.05, 3.63) is 0 Å². The summed E-state index contributed by atoms with van der Waals surface area (Å²) < 4.78 is 0. The van der Waals surface area contributed by atoms with Crippen LogP contribution < -0.4 is 10.6 Å². The fourth-order valence-corrected chi connectivity index (χ4v) is 4.92. The van der Waals surface area contributed by atoms with Crippen molar-refractivity contribution in [1.29, 1.82) is 0 Å². The highest BCUT2D eigenvalue weighted by Gasteiger charge is 2.32. The molecule has 5 nitrogen and oxygen atoms in total. The van der Waals surface area contributed by atoms with Gasteiger partial charge in [-0.15, -0.1) is 0 Å². The first kappa shape index (κ1) is 18.7. The van der Waals surface area contributed by atoms with Crippen molar-refractivity contribution in [3.8, 4) is 0 Å². The first-order valence-electron chi connectivity index (χ1n) is 10.4. The fourth-order valence-electron chi connectivity index (χ4n) is 4.92. The molecule has 1 saturated heterocycles. The van der Waals surface area contributed by atoms with Crippen molar-refractivity contribution in [2.45, 2.75) is 82.7 Å². The maximum atomic E-state index is 12.8. The van der Waals surface area contributed by atoms with E-state index in [0.29, 0.717) is 24.3 Å². The molecule has 0 bridgehead atoms. The molecule has 1 heterocycles. The van der Waals surface area contributed by atoms with Crippen LogP contribution in [0.4, 0.5) is 0 Å². The highest BCUT2D eigenvalue weighted by atomic mass is 16.2. The zero-order valence-corrected chi connectivity index (χ0v) is 15.8. The second-order valence-corrected chi connectivity index (χ2v) is 8.38. The second-order valence-electron chi connectivity index (χ2n) is 8.38. The number of likely N-dealkylation sites (N-methyl/N-ethyl adjacent to an activating group) is 1. The number of piperidine rings is 1. The van der Waals surface area contributed by atoms with Gasteiger partial charge in [-0.1, -0.05) is 12.8 Å². The Kier molecular flexibility index (Phi) is 6.74. The summed E-state index contributed by atoms with van der Waals surface area (Å²) in [6, 6.07) is 0.730. The van der Waals surface area contributed by atoms with E-state index >= 15 is 0 Å². The lowest BCUT2D eigenvalue weighted by Gasteiger charge is -2.37. The van der Waals surface area contributed by atoms with Crippen LogP contribution in [0.15, 0.2) is 0 Å². The van der Waals surface area contributed by atoms with Gasteiger partial charge in [-0.25, -0.2) is 0 Å². The number of hydrogen-bond donors (Lipinski definition) is 2. The molecule has 2 amide bonds. The minimum Gasteiger partial charge on any atom is -0.353 e.